The lowest BCUT2D eigenvalue weighted by Crippen LogP contribution is -2.39. The highest BCUT2D eigenvalue weighted by Crippen LogP contribution is 2.03. The number of aliphatic hydroxyl groups excluding tert-OH is 1. The quantitative estimate of drug-likeness (QED) is 0.642. The summed E-state index contributed by atoms with van der Waals surface area (Å²) in [5, 5.41) is 8.83. The average Bonchev–Trinajstić information content (AvgIpc) is 2.13. The summed E-state index contributed by atoms with van der Waals surface area (Å²) >= 11 is 5.52. The summed E-state index contributed by atoms with van der Waals surface area (Å²) in [6, 6.07) is -0.387. The smallest absolute Gasteiger partial charge is 0.212 e. The fraction of sp³-hybridized carbons (Fsp3) is 1.00. The molecule has 0 amide bonds. The molecule has 0 heterocycles. The summed E-state index contributed by atoms with van der Waals surface area (Å²) < 4.78 is 25.3. The molecule has 0 aromatic heterocycles. The van der Waals surface area contributed by atoms with Crippen molar-refractivity contribution in [2.45, 2.75) is 26.3 Å². The summed E-state index contributed by atoms with van der Waals surface area (Å²) in [6.45, 7) is 3.41. The molecule has 0 aliphatic carbocycles. The molecular weight excluding hydrogens is 226 g/mol. The van der Waals surface area contributed by atoms with Gasteiger partial charge in [-0.1, -0.05) is 13.8 Å². The molecule has 1 unspecified atom stereocenters. The van der Waals surface area contributed by atoms with Gasteiger partial charge in [0.05, 0.1) is 12.4 Å². The average molecular weight is 244 g/mol. The highest BCUT2D eigenvalue weighted by Gasteiger charge is 2.18. The highest BCUT2D eigenvalue weighted by atomic mass is 35.5. The van der Waals surface area contributed by atoms with Crippen molar-refractivity contribution in [2.24, 2.45) is 5.92 Å². The predicted molar refractivity (Wildman–Crippen MR) is 58.0 cm³/mol. The third-order valence-corrected chi connectivity index (χ3v) is 4.05. The Morgan fingerprint density at radius 2 is 2.07 bits per heavy atom. The molecule has 0 saturated heterocycles. The van der Waals surface area contributed by atoms with E-state index in [2.05, 4.69) is 4.72 Å². The van der Waals surface area contributed by atoms with Crippen LogP contribution in [0.15, 0.2) is 0 Å². The normalized spacial score (nSPS) is 16.6. The number of hydrogen-bond donors (Lipinski definition) is 2. The fourth-order valence-corrected chi connectivity index (χ4v) is 2.92. The van der Waals surface area contributed by atoms with Crippen LogP contribution in [0.3, 0.4) is 0 Å². The Bertz CT molecular complexity index is 239. The van der Waals surface area contributed by atoms with E-state index >= 15 is 0 Å². The van der Waals surface area contributed by atoms with Crippen molar-refractivity contribution in [3.8, 4) is 0 Å². The van der Waals surface area contributed by atoms with E-state index in [0.29, 0.717) is 12.3 Å². The van der Waals surface area contributed by atoms with Crippen LogP contribution in [0.4, 0.5) is 0 Å². The number of sulfonamides is 1. The first-order valence-electron chi connectivity index (χ1n) is 4.62. The van der Waals surface area contributed by atoms with Gasteiger partial charge < -0.3 is 5.11 Å². The van der Waals surface area contributed by atoms with Crippen LogP contribution < -0.4 is 4.72 Å². The van der Waals surface area contributed by atoms with E-state index in [4.69, 9.17) is 16.7 Å². The summed E-state index contributed by atoms with van der Waals surface area (Å²) in [5.41, 5.74) is 0. The maximum Gasteiger partial charge on any atom is 0.212 e. The van der Waals surface area contributed by atoms with Gasteiger partial charge in [-0.3, -0.25) is 0 Å². The minimum absolute atomic E-state index is 0.00694. The van der Waals surface area contributed by atoms with Crippen molar-refractivity contribution in [1.29, 1.82) is 0 Å². The second-order valence-electron chi connectivity index (χ2n) is 3.45. The molecule has 0 bridgehead atoms. The number of rotatable bonds is 7. The molecular formula is C8H18ClNO3S. The molecule has 0 radical (unpaired) electrons. The van der Waals surface area contributed by atoms with E-state index in [1.807, 2.05) is 6.92 Å². The number of hydrogen-bond acceptors (Lipinski definition) is 3. The summed E-state index contributed by atoms with van der Waals surface area (Å²) in [7, 11) is -3.31. The van der Waals surface area contributed by atoms with Crippen molar-refractivity contribution >= 4 is 21.6 Å². The van der Waals surface area contributed by atoms with Crippen molar-refractivity contribution in [3.63, 3.8) is 0 Å². The molecule has 0 spiro atoms. The minimum atomic E-state index is -3.31. The molecule has 14 heavy (non-hydrogen) atoms. The zero-order valence-corrected chi connectivity index (χ0v) is 10.1. The minimum Gasteiger partial charge on any atom is -0.395 e. The molecule has 6 heteroatoms. The van der Waals surface area contributed by atoms with E-state index in [9.17, 15) is 8.42 Å². The molecule has 0 saturated carbocycles. The second-order valence-corrected chi connectivity index (χ2v) is 5.55. The Labute approximate surface area is 90.7 Å². The Morgan fingerprint density at radius 3 is 2.43 bits per heavy atom. The van der Waals surface area contributed by atoms with Gasteiger partial charge in [0.15, 0.2) is 0 Å². The molecule has 0 aromatic carbocycles. The summed E-state index contributed by atoms with van der Waals surface area (Å²) in [4.78, 5) is 0. The SMILES string of the molecule is CC[C@@H](CO)NS(=O)(=O)CC(C)CCl. The maximum atomic E-state index is 11.4. The molecule has 4 nitrogen and oxygen atoms in total. The van der Waals surface area contributed by atoms with E-state index in [0.717, 1.165) is 0 Å². The van der Waals surface area contributed by atoms with Gasteiger partial charge >= 0.3 is 0 Å². The van der Waals surface area contributed by atoms with Crippen LogP contribution in [0.2, 0.25) is 0 Å². The number of alkyl halides is 1. The van der Waals surface area contributed by atoms with Gasteiger partial charge in [-0.2, -0.15) is 0 Å². The number of aliphatic hydroxyl groups is 1. The zero-order valence-electron chi connectivity index (χ0n) is 8.53. The Balaban J connectivity index is 4.19. The molecule has 0 aromatic rings. The Hall–Kier alpha value is 0.160. The number of halogens is 1. The maximum absolute atomic E-state index is 11.4. The van der Waals surface area contributed by atoms with E-state index < -0.39 is 10.0 Å². The Morgan fingerprint density at radius 1 is 1.50 bits per heavy atom. The fourth-order valence-electron chi connectivity index (χ4n) is 0.971. The van der Waals surface area contributed by atoms with Gasteiger partial charge in [0, 0.05) is 11.9 Å². The van der Waals surface area contributed by atoms with Crippen LogP contribution in [0.1, 0.15) is 20.3 Å². The standard InChI is InChI=1S/C8H18ClNO3S/c1-3-8(5-11)10-14(12,13)6-7(2)4-9/h7-8,10-11H,3-6H2,1-2H3/t7?,8-/m0/s1. The van der Waals surface area contributed by atoms with Crippen LogP contribution in [0.5, 0.6) is 0 Å². The first-order chi connectivity index (χ1) is 6.45. The van der Waals surface area contributed by atoms with Gasteiger partial charge in [-0.25, -0.2) is 13.1 Å². The van der Waals surface area contributed by atoms with Crippen LogP contribution in [0, 0.1) is 5.92 Å². The zero-order chi connectivity index (χ0) is 11.2. The second kappa shape index (κ2) is 6.61. The lowest BCUT2D eigenvalue weighted by Gasteiger charge is -2.15. The van der Waals surface area contributed by atoms with Gasteiger partial charge in [-0.05, 0) is 12.3 Å². The van der Waals surface area contributed by atoms with Gasteiger partial charge in [0.1, 0.15) is 0 Å². The highest BCUT2D eigenvalue weighted by molar-refractivity contribution is 7.89. The molecule has 0 rings (SSSR count). The van der Waals surface area contributed by atoms with Gasteiger partial charge in [-0.15, -0.1) is 11.6 Å². The molecule has 86 valence electrons. The van der Waals surface area contributed by atoms with Gasteiger partial charge in [0.2, 0.25) is 10.0 Å². The van der Waals surface area contributed by atoms with E-state index in [1.165, 1.54) is 0 Å². The number of nitrogens with one attached hydrogen (secondary N) is 1. The van der Waals surface area contributed by atoms with Crippen molar-refractivity contribution in [2.75, 3.05) is 18.2 Å². The third-order valence-electron chi connectivity index (χ3n) is 1.83. The lowest BCUT2D eigenvalue weighted by molar-refractivity contribution is 0.253. The van der Waals surface area contributed by atoms with Crippen LogP contribution in [-0.4, -0.2) is 37.8 Å². The molecule has 0 fully saturated rings. The summed E-state index contributed by atoms with van der Waals surface area (Å²) in [6.07, 6.45) is 0.574. The summed E-state index contributed by atoms with van der Waals surface area (Å²) in [5.74, 6) is 0.245. The molecule has 0 aliphatic heterocycles. The Kier molecular flexibility index (Phi) is 6.68. The third kappa shape index (κ3) is 5.80. The van der Waals surface area contributed by atoms with Crippen molar-refractivity contribution < 1.29 is 13.5 Å². The molecule has 0 aliphatic rings. The topological polar surface area (TPSA) is 66.4 Å². The van der Waals surface area contributed by atoms with Crippen LogP contribution in [-0.2, 0) is 10.0 Å². The largest absolute Gasteiger partial charge is 0.395 e. The first kappa shape index (κ1) is 14.2. The van der Waals surface area contributed by atoms with Gasteiger partial charge in [0.25, 0.3) is 0 Å². The monoisotopic (exact) mass is 243 g/mol. The van der Waals surface area contributed by atoms with E-state index in [1.54, 1.807) is 6.92 Å². The molecule has 2 N–H and O–H groups in total. The molecule has 2 atom stereocenters. The predicted octanol–water partition coefficient (Wildman–Crippen LogP) is 0.552. The first-order valence-corrected chi connectivity index (χ1v) is 6.80. The van der Waals surface area contributed by atoms with Crippen molar-refractivity contribution in [3.05, 3.63) is 0 Å². The van der Waals surface area contributed by atoms with Crippen LogP contribution >= 0.6 is 11.6 Å². The lowest BCUT2D eigenvalue weighted by atomic mass is 10.3. The van der Waals surface area contributed by atoms with E-state index in [-0.39, 0.29) is 24.3 Å². The van der Waals surface area contributed by atoms with Crippen molar-refractivity contribution in [1.82, 2.24) is 4.72 Å². The van der Waals surface area contributed by atoms with Crippen LogP contribution in [0.25, 0.3) is 0 Å².